The lowest BCUT2D eigenvalue weighted by molar-refractivity contribution is -0.103. The molecule has 0 unspecified atom stereocenters. The monoisotopic (exact) mass is 489 g/mol. The number of nitrogens with zero attached hydrogens (tertiary/aromatic N) is 3. The number of hydrogen-bond donors (Lipinski definition) is 0. The molecule has 1 saturated heterocycles. The fourth-order valence-corrected chi connectivity index (χ4v) is 10.4. The van der Waals surface area contributed by atoms with E-state index >= 15 is 0 Å². The molecule has 3 nitrogen and oxygen atoms in total. The number of benzene rings is 2. The molecule has 1 atom stereocenters. The van der Waals surface area contributed by atoms with Crippen LogP contribution in [0.25, 0.3) is 10.8 Å². The molecule has 2 aliphatic heterocycles. The normalized spacial score (nSPS) is 32.4. The maximum absolute atomic E-state index is 2.95. The highest BCUT2D eigenvalue weighted by Crippen LogP contribution is 2.62. The molecule has 2 heterocycles. The summed E-state index contributed by atoms with van der Waals surface area (Å²) in [7, 11) is 2.42. The van der Waals surface area contributed by atoms with Crippen LogP contribution in [0.5, 0.6) is 0 Å². The Morgan fingerprint density at radius 3 is 2.34 bits per heavy atom. The number of unbranched alkanes of at least 4 members (excludes halogenated alkanes) is 1. The lowest BCUT2D eigenvalue weighted by atomic mass is 9.47. The van der Waals surface area contributed by atoms with Gasteiger partial charge in [0.15, 0.2) is 0 Å². The van der Waals surface area contributed by atoms with Crippen molar-refractivity contribution in [2.45, 2.75) is 75.1 Å². The van der Waals surface area contributed by atoms with Gasteiger partial charge in [-0.05, 0) is 144 Å². The summed E-state index contributed by atoms with van der Waals surface area (Å²) < 4.78 is 2.54. The van der Waals surface area contributed by atoms with E-state index in [9.17, 15) is 0 Å². The van der Waals surface area contributed by atoms with Crippen molar-refractivity contribution in [1.82, 2.24) is 9.80 Å². The van der Waals surface area contributed by atoms with Crippen LogP contribution in [0.1, 0.15) is 64.2 Å². The fourth-order valence-electron chi connectivity index (χ4n) is 9.26. The zero-order chi connectivity index (χ0) is 23.4. The van der Waals surface area contributed by atoms with Gasteiger partial charge in [-0.3, -0.25) is 4.90 Å². The van der Waals surface area contributed by atoms with E-state index in [0.29, 0.717) is 5.41 Å². The van der Waals surface area contributed by atoms with Crippen molar-refractivity contribution in [3.05, 3.63) is 36.4 Å². The highest BCUT2D eigenvalue weighted by Gasteiger charge is 2.55. The first-order valence-electron chi connectivity index (χ1n) is 14.6. The van der Waals surface area contributed by atoms with Crippen molar-refractivity contribution in [2.75, 3.05) is 44.1 Å². The van der Waals surface area contributed by atoms with E-state index in [1.807, 2.05) is 11.9 Å². The summed E-state index contributed by atoms with van der Waals surface area (Å²) >= 11 is 1.95. The van der Waals surface area contributed by atoms with Crippen LogP contribution in [0.3, 0.4) is 0 Å². The van der Waals surface area contributed by atoms with E-state index < -0.39 is 0 Å². The first kappa shape index (κ1) is 22.9. The molecule has 4 aliphatic carbocycles. The standard InChI is InChI=1S/C31H43N3S/c1-32(12-2-5-15-34-27-10-6-8-26-9-7-11-28(35-34)30(26)27)22-29(33-13-3-4-14-33)31-19-23-16-24(20-31)18-25(17-23)21-31/h6-11,23-25,29H,2-5,12-22H2,1H3/t23?,24?,25?,29-,31?/m0/s1. The maximum Gasteiger partial charge on any atom is 0.0563 e. The average Bonchev–Trinajstić information content (AvgIpc) is 3.49. The zero-order valence-electron chi connectivity index (χ0n) is 21.6. The predicted molar refractivity (Wildman–Crippen MR) is 149 cm³/mol. The van der Waals surface area contributed by atoms with E-state index in [1.165, 1.54) is 73.2 Å². The van der Waals surface area contributed by atoms with Crippen molar-refractivity contribution in [3.8, 4) is 0 Å². The molecule has 6 aliphatic rings. The van der Waals surface area contributed by atoms with Gasteiger partial charge < -0.3 is 9.21 Å². The van der Waals surface area contributed by atoms with Gasteiger partial charge in [0.25, 0.3) is 0 Å². The topological polar surface area (TPSA) is 9.72 Å². The Hall–Kier alpha value is -1.23. The Labute approximate surface area is 216 Å². The summed E-state index contributed by atoms with van der Waals surface area (Å²) in [6, 6.07) is 14.3. The lowest BCUT2D eigenvalue weighted by Crippen LogP contribution is -2.59. The molecule has 0 N–H and O–H groups in total. The van der Waals surface area contributed by atoms with Gasteiger partial charge >= 0.3 is 0 Å². The largest absolute Gasteiger partial charge is 0.311 e. The van der Waals surface area contributed by atoms with Crippen LogP contribution < -0.4 is 4.31 Å². The highest BCUT2D eigenvalue weighted by molar-refractivity contribution is 8.01. The van der Waals surface area contributed by atoms with Gasteiger partial charge in [0.2, 0.25) is 0 Å². The maximum atomic E-state index is 2.95. The van der Waals surface area contributed by atoms with E-state index in [0.717, 1.165) is 30.3 Å². The van der Waals surface area contributed by atoms with E-state index in [-0.39, 0.29) is 0 Å². The van der Waals surface area contributed by atoms with Gasteiger partial charge in [-0.2, -0.15) is 0 Å². The smallest absolute Gasteiger partial charge is 0.0563 e. The molecular weight excluding hydrogens is 446 g/mol. The minimum absolute atomic E-state index is 0.643. The van der Waals surface area contributed by atoms with Crippen LogP contribution in [0.15, 0.2) is 41.3 Å². The van der Waals surface area contributed by atoms with Crippen LogP contribution in [-0.4, -0.2) is 55.6 Å². The Balaban J connectivity index is 0.966. The van der Waals surface area contributed by atoms with E-state index in [4.69, 9.17) is 0 Å². The fraction of sp³-hybridized carbons (Fsp3) is 0.677. The van der Waals surface area contributed by atoms with Crippen LogP contribution in [-0.2, 0) is 0 Å². The number of likely N-dealkylation sites (N-methyl/N-ethyl adjacent to an activating group) is 1. The van der Waals surface area contributed by atoms with Crippen LogP contribution >= 0.6 is 11.9 Å². The first-order chi connectivity index (χ1) is 17.2. The molecular formula is C31H43N3S. The van der Waals surface area contributed by atoms with Crippen LogP contribution in [0.2, 0.25) is 0 Å². The van der Waals surface area contributed by atoms with Crippen LogP contribution in [0.4, 0.5) is 5.69 Å². The van der Waals surface area contributed by atoms with Gasteiger partial charge in [0.05, 0.1) is 5.69 Å². The van der Waals surface area contributed by atoms with Gasteiger partial charge in [-0.25, -0.2) is 0 Å². The van der Waals surface area contributed by atoms with Gasteiger partial charge in [-0.15, -0.1) is 0 Å². The van der Waals surface area contributed by atoms with Crippen molar-refractivity contribution in [1.29, 1.82) is 0 Å². The van der Waals surface area contributed by atoms with Crippen molar-refractivity contribution < 1.29 is 0 Å². The summed E-state index contributed by atoms with van der Waals surface area (Å²) in [5.41, 5.74) is 2.07. The Bertz CT molecular complexity index is 1020. The SMILES string of the molecule is CN(CCCCN1Sc2cccc3cccc1c23)C[C@H](N1CCCC1)C12CC3CC(CC(C3)C1)C2. The summed E-state index contributed by atoms with van der Waals surface area (Å²) in [6.07, 6.45) is 14.8. The predicted octanol–water partition coefficient (Wildman–Crippen LogP) is 7.06. The molecule has 4 saturated carbocycles. The lowest BCUT2D eigenvalue weighted by Gasteiger charge is -2.61. The molecule has 35 heavy (non-hydrogen) atoms. The quantitative estimate of drug-likeness (QED) is 0.275. The molecule has 4 bridgehead atoms. The summed E-state index contributed by atoms with van der Waals surface area (Å²) in [5.74, 6) is 3.18. The van der Waals surface area contributed by atoms with Gasteiger partial charge in [0, 0.05) is 29.4 Å². The second-order valence-corrected chi connectivity index (χ2v) is 13.9. The second kappa shape index (κ2) is 9.26. The zero-order valence-corrected chi connectivity index (χ0v) is 22.4. The van der Waals surface area contributed by atoms with Crippen LogP contribution in [0, 0.1) is 23.2 Å². The molecule has 188 valence electrons. The van der Waals surface area contributed by atoms with E-state index in [1.54, 1.807) is 38.5 Å². The molecule has 5 fully saturated rings. The highest BCUT2D eigenvalue weighted by atomic mass is 32.2. The summed E-state index contributed by atoms with van der Waals surface area (Å²) in [5, 5.41) is 2.84. The van der Waals surface area contributed by atoms with Gasteiger partial charge in [-0.1, -0.05) is 24.3 Å². The summed E-state index contributed by atoms with van der Waals surface area (Å²) in [6.45, 7) is 6.41. The Morgan fingerprint density at radius 2 is 1.63 bits per heavy atom. The minimum atomic E-state index is 0.643. The minimum Gasteiger partial charge on any atom is -0.311 e. The third kappa shape index (κ3) is 4.22. The van der Waals surface area contributed by atoms with Crippen molar-refractivity contribution in [2.24, 2.45) is 23.2 Å². The Morgan fingerprint density at radius 1 is 0.943 bits per heavy atom. The number of rotatable bonds is 9. The molecule has 0 aromatic heterocycles. The number of anilines is 1. The average molecular weight is 490 g/mol. The molecule has 0 amide bonds. The molecule has 2 aromatic carbocycles. The third-order valence-electron chi connectivity index (χ3n) is 10.3. The van der Waals surface area contributed by atoms with E-state index in [2.05, 4.69) is 57.6 Å². The second-order valence-electron chi connectivity index (χ2n) is 12.8. The third-order valence-corrected chi connectivity index (χ3v) is 11.5. The van der Waals surface area contributed by atoms with Crippen molar-refractivity contribution in [3.63, 3.8) is 0 Å². The number of hydrogen-bond acceptors (Lipinski definition) is 4. The summed E-state index contributed by atoms with van der Waals surface area (Å²) in [4.78, 5) is 7.09. The van der Waals surface area contributed by atoms with Crippen molar-refractivity contribution >= 4 is 28.4 Å². The molecule has 8 rings (SSSR count). The van der Waals surface area contributed by atoms with Gasteiger partial charge in [0.1, 0.15) is 0 Å². The molecule has 0 spiro atoms. The Kier molecular flexibility index (Phi) is 6.07. The molecule has 4 heteroatoms. The first-order valence-corrected chi connectivity index (χ1v) is 15.3. The molecule has 2 aromatic rings. The molecule has 0 radical (unpaired) electrons. The number of likely N-dealkylation sites (tertiary alicyclic amines) is 1.